The van der Waals surface area contributed by atoms with Gasteiger partial charge in [-0.1, -0.05) is 5.92 Å². The molecule has 2 atom stereocenters. The summed E-state index contributed by atoms with van der Waals surface area (Å²) in [7, 11) is 0. The number of carbonyl (C=O) groups is 2. The van der Waals surface area contributed by atoms with Crippen LogP contribution in [0.1, 0.15) is 27.2 Å². The summed E-state index contributed by atoms with van der Waals surface area (Å²) in [6.45, 7) is 4.62. The molecule has 90 valence electrons. The number of esters is 1. The molecule has 0 saturated heterocycles. The van der Waals surface area contributed by atoms with E-state index in [1.54, 1.807) is 6.92 Å². The lowest BCUT2D eigenvalue weighted by molar-refractivity contribution is -0.144. The van der Waals surface area contributed by atoms with Crippen LogP contribution in [0.25, 0.3) is 0 Å². The molecule has 0 aliphatic carbocycles. The van der Waals surface area contributed by atoms with E-state index in [0.717, 1.165) is 0 Å². The Morgan fingerprint density at radius 2 is 2.12 bits per heavy atom. The molecule has 1 amide bonds. The lowest BCUT2D eigenvalue weighted by atomic mass is 10.1. The van der Waals surface area contributed by atoms with E-state index >= 15 is 0 Å². The molecule has 0 heterocycles. The third-order valence-electron chi connectivity index (χ3n) is 1.72. The molecule has 0 fully saturated rings. The van der Waals surface area contributed by atoms with Crippen LogP contribution in [0.4, 0.5) is 4.39 Å². The van der Waals surface area contributed by atoms with Crippen LogP contribution >= 0.6 is 0 Å². The van der Waals surface area contributed by atoms with Gasteiger partial charge in [0.05, 0.1) is 19.1 Å². The van der Waals surface area contributed by atoms with Crippen LogP contribution in [0.2, 0.25) is 0 Å². The first-order valence-corrected chi connectivity index (χ1v) is 5.00. The van der Waals surface area contributed by atoms with Crippen LogP contribution in [-0.2, 0) is 14.3 Å². The first-order chi connectivity index (χ1) is 7.51. The molecule has 0 aliphatic rings. The molecular formula is C11H16FNO3. The summed E-state index contributed by atoms with van der Waals surface area (Å²) in [6.07, 6.45) is -1.79. The number of hydrogen-bond donors (Lipinski definition) is 1. The summed E-state index contributed by atoms with van der Waals surface area (Å²) in [5.74, 6) is 3.70. The van der Waals surface area contributed by atoms with Gasteiger partial charge in [0.25, 0.3) is 0 Å². The summed E-state index contributed by atoms with van der Waals surface area (Å²) >= 11 is 0. The standard InChI is InChI=1S/C11H16FNO3/c1-4-6-9(12)10(13-8(3)14)7-11(15)16-5-2/h9-10H,5,7H2,1-3H3,(H,13,14)/t9-,10-/m0/s1. The molecule has 1 N–H and O–H groups in total. The monoisotopic (exact) mass is 229 g/mol. The third kappa shape index (κ3) is 6.02. The molecule has 0 saturated carbocycles. The quantitative estimate of drug-likeness (QED) is 0.560. The normalized spacial score (nSPS) is 13.0. The van der Waals surface area contributed by atoms with Crippen molar-refractivity contribution in [3.05, 3.63) is 0 Å². The molecule has 0 unspecified atom stereocenters. The minimum Gasteiger partial charge on any atom is -0.466 e. The lowest BCUT2D eigenvalue weighted by Crippen LogP contribution is -2.41. The number of alkyl halides is 1. The van der Waals surface area contributed by atoms with Gasteiger partial charge in [0.2, 0.25) is 5.91 Å². The van der Waals surface area contributed by atoms with Crippen LogP contribution in [0.15, 0.2) is 0 Å². The van der Waals surface area contributed by atoms with Crippen molar-refractivity contribution in [2.45, 2.75) is 39.4 Å². The van der Waals surface area contributed by atoms with Crippen molar-refractivity contribution in [1.29, 1.82) is 0 Å². The molecule has 16 heavy (non-hydrogen) atoms. The van der Waals surface area contributed by atoms with Crippen LogP contribution in [0, 0.1) is 11.8 Å². The SMILES string of the molecule is CC#C[C@H](F)[C@H](CC(=O)OCC)NC(C)=O. The average Bonchev–Trinajstić information content (AvgIpc) is 2.16. The Balaban J connectivity index is 4.45. The topological polar surface area (TPSA) is 55.4 Å². The summed E-state index contributed by atoms with van der Waals surface area (Å²) in [4.78, 5) is 22.0. The van der Waals surface area contributed by atoms with Crippen molar-refractivity contribution in [1.82, 2.24) is 5.32 Å². The smallest absolute Gasteiger partial charge is 0.308 e. The molecular weight excluding hydrogens is 213 g/mol. The highest BCUT2D eigenvalue weighted by molar-refractivity contribution is 5.75. The molecule has 0 aromatic carbocycles. The minimum absolute atomic E-state index is 0.219. The van der Waals surface area contributed by atoms with Crippen LogP contribution in [0.3, 0.4) is 0 Å². The van der Waals surface area contributed by atoms with E-state index in [0.29, 0.717) is 0 Å². The van der Waals surface area contributed by atoms with Crippen molar-refractivity contribution in [2.24, 2.45) is 0 Å². The van der Waals surface area contributed by atoms with Gasteiger partial charge in [0.1, 0.15) is 0 Å². The van der Waals surface area contributed by atoms with Gasteiger partial charge in [-0.25, -0.2) is 4.39 Å². The molecule has 0 aliphatic heterocycles. The predicted octanol–water partition coefficient (Wildman–Crippen LogP) is 0.806. The Morgan fingerprint density at radius 3 is 2.56 bits per heavy atom. The number of nitrogens with one attached hydrogen (secondary N) is 1. The predicted molar refractivity (Wildman–Crippen MR) is 57.2 cm³/mol. The summed E-state index contributed by atoms with van der Waals surface area (Å²) in [5, 5.41) is 2.34. The highest BCUT2D eigenvalue weighted by Gasteiger charge is 2.23. The highest BCUT2D eigenvalue weighted by atomic mass is 19.1. The number of halogens is 1. The Morgan fingerprint density at radius 1 is 1.50 bits per heavy atom. The highest BCUT2D eigenvalue weighted by Crippen LogP contribution is 2.05. The largest absolute Gasteiger partial charge is 0.466 e. The zero-order valence-electron chi connectivity index (χ0n) is 9.67. The second-order valence-corrected chi connectivity index (χ2v) is 3.11. The van der Waals surface area contributed by atoms with E-state index in [2.05, 4.69) is 21.9 Å². The van der Waals surface area contributed by atoms with Gasteiger partial charge >= 0.3 is 5.97 Å². The Hall–Kier alpha value is -1.57. The van der Waals surface area contributed by atoms with E-state index in [9.17, 15) is 14.0 Å². The van der Waals surface area contributed by atoms with Crippen molar-refractivity contribution in [3.63, 3.8) is 0 Å². The van der Waals surface area contributed by atoms with Gasteiger partial charge in [-0.3, -0.25) is 9.59 Å². The van der Waals surface area contributed by atoms with Gasteiger partial charge in [-0.05, 0) is 13.8 Å². The molecule has 0 radical (unpaired) electrons. The van der Waals surface area contributed by atoms with Crippen molar-refractivity contribution < 1.29 is 18.7 Å². The van der Waals surface area contributed by atoms with Crippen LogP contribution in [-0.4, -0.2) is 30.7 Å². The van der Waals surface area contributed by atoms with Gasteiger partial charge in [-0.2, -0.15) is 0 Å². The molecule has 0 spiro atoms. The number of carbonyl (C=O) groups excluding carboxylic acids is 2. The Labute approximate surface area is 94.5 Å². The molecule has 0 aromatic heterocycles. The molecule has 0 bridgehead atoms. The van der Waals surface area contributed by atoms with E-state index < -0.39 is 24.1 Å². The van der Waals surface area contributed by atoms with Gasteiger partial charge in [-0.15, -0.1) is 5.92 Å². The fourth-order valence-corrected chi connectivity index (χ4v) is 1.13. The maximum absolute atomic E-state index is 13.4. The van der Waals surface area contributed by atoms with Crippen LogP contribution in [0.5, 0.6) is 0 Å². The average molecular weight is 229 g/mol. The van der Waals surface area contributed by atoms with E-state index in [4.69, 9.17) is 0 Å². The summed E-state index contributed by atoms with van der Waals surface area (Å²) in [5.41, 5.74) is 0. The molecule has 5 heteroatoms. The number of ether oxygens (including phenoxy) is 1. The van der Waals surface area contributed by atoms with Crippen molar-refractivity contribution in [2.75, 3.05) is 6.61 Å². The summed E-state index contributed by atoms with van der Waals surface area (Å²) in [6, 6.07) is -0.955. The Bertz CT molecular complexity index is 306. The first-order valence-electron chi connectivity index (χ1n) is 5.00. The minimum atomic E-state index is -1.57. The van der Waals surface area contributed by atoms with Crippen molar-refractivity contribution in [3.8, 4) is 11.8 Å². The second-order valence-electron chi connectivity index (χ2n) is 3.11. The van der Waals surface area contributed by atoms with Gasteiger partial charge in [0, 0.05) is 6.92 Å². The molecule has 4 nitrogen and oxygen atoms in total. The van der Waals surface area contributed by atoms with Crippen molar-refractivity contribution >= 4 is 11.9 Å². The summed E-state index contributed by atoms with van der Waals surface area (Å²) < 4.78 is 18.1. The van der Waals surface area contributed by atoms with E-state index in [1.165, 1.54) is 13.8 Å². The third-order valence-corrected chi connectivity index (χ3v) is 1.72. The van der Waals surface area contributed by atoms with E-state index in [1.807, 2.05) is 0 Å². The zero-order valence-corrected chi connectivity index (χ0v) is 9.67. The fourth-order valence-electron chi connectivity index (χ4n) is 1.13. The first kappa shape index (κ1) is 14.4. The van der Waals surface area contributed by atoms with E-state index in [-0.39, 0.29) is 13.0 Å². The number of rotatable bonds is 5. The Kier molecular flexibility index (Phi) is 6.93. The van der Waals surface area contributed by atoms with Gasteiger partial charge < -0.3 is 10.1 Å². The van der Waals surface area contributed by atoms with Crippen LogP contribution < -0.4 is 5.32 Å². The van der Waals surface area contributed by atoms with Gasteiger partial charge in [0.15, 0.2) is 6.17 Å². The maximum atomic E-state index is 13.4. The second kappa shape index (κ2) is 7.69. The maximum Gasteiger partial charge on any atom is 0.308 e. The fraction of sp³-hybridized carbons (Fsp3) is 0.636. The number of amides is 1. The molecule has 0 rings (SSSR count). The zero-order chi connectivity index (χ0) is 12.6. The lowest BCUT2D eigenvalue weighted by Gasteiger charge is -2.17. The molecule has 0 aromatic rings. The number of hydrogen-bond acceptors (Lipinski definition) is 3.